The second kappa shape index (κ2) is 9.22. The van der Waals surface area contributed by atoms with Gasteiger partial charge in [-0.25, -0.2) is 4.79 Å². The summed E-state index contributed by atoms with van der Waals surface area (Å²) in [6.07, 6.45) is 1.82. The van der Waals surface area contributed by atoms with Crippen molar-refractivity contribution >= 4 is 29.4 Å². The Morgan fingerprint density at radius 2 is 2.00 bits per heavy atom. The Bertz CT molecular complexity index is 825. The van der Waals surface area contributed by atoms with Crippen LogP contribution in [0.1, 0.15) is 37.7 Å². The predicted octanol–water partition coefficient (Wildman–Crippen LogP) is 2.31. The molecule has 0 unspecified atom stereocenters. The van der Waals surface area contributed by atoms with Gasteiger partial charge >= 0.3 is 6.03 Å². The Kier molecular flexibility index (Phi) is 6.88. The molecule has 2 heterocycles. The molecule has 2 aliphatic heterocycles. The van der Waals surface area contributed by atoms with Crippen molar-refractivity contribution in [3.8, 4) is 5.75 Å². The third-order valence-corrected chi connectivity index (χ3v) is 6.16. The zero-order valence-electron chi connectivity index (χ0n) is 17.5. The molecule has 30 heavy (non-hydrogen) atoms. The normalized spacial score (nSPS) is 23.1. The van der Waals surface area contributed by atoms with Crippen molar-refractivity contribution in [1.82, 2.24) is 15.5 Å². The first-order valence-corrected chi connectivity index (χ1v) is 10.4. The Labute approximate surface area is 181 Å². The van der Waals surface area contributed by atoms with Gasteiger partial charge < -0.3 is 19.7 Å². The fourth-order valence-electron chi connectivity index (χ4n) is 4.43. The van der Waals surface area contributed by atoms with Crippen molar-refractivity contribution in [2.75, 3.05) is 33.9 Å². The molecule has 2 atom stereocenters. The van der Waals surface area contributed by atoms with Gasteiger partial charge in [0.1, 0.15) is 11.3 Å². The number of nitrogens with zero attached hydrogens (tertiary/aromatic N) is 1. The Morgan fingerprint density at radius 3 is 2.57 bits per heavy atom. The average Bonchev–Trinajstić information content (AvgIpc) is 3.00. The lowest BCUT2D eigenvalue weighted by atomic mass is 9.86. The summed E-state index contributed by atoms with van der Waals surface area (Å²) in [5.41, 5.74) is -0.109. The summed E-state index contributed by atoms with van der Waals surface area (Å²) in [5.74, 6) is 0.135. The van der Waals surface area contributed by atoms with Crippen LogP contribution in [-0.4, -0.2) is 62.2 Å². The molecule has 0 spiro atoms. The van der Waals surface area contributed by atoms with Crippen LogP contribution < -0.4 is 15.4 Å². The fraction of sp³-hybridized carbons (Fsp3) is 0.571. The summed E-state index contributed by atoms with van der Waals surface area (Å²) >= 11 is 6.06. The lowest BCUT2D eigenvalue weighted by Gasteiger charge is -2.35. The van der Waals surface area contributed by atoms with Gasteiger partial charge in [0.25, 0.3) is 5.91 Å². The second-order valence-electron chi connectivity index (χ2n) is 8.01. The predicted molar refractivity (Wildman–Crippen MR) is 112 cm³/mol. The molecule has 164 valence electrons. The first-order valence-electron chi connectivity index (χ1n) is 10.0. The van der Waals surface area contributed by atoms with E-state index in [-0.39, 0.29) is 24.9 Å². The molecule has 4 amide bonds. The first-order chi connectivity index (χ1) is 14.3. The number of nitrogens with one attached hydrogen (secondary N) is 2. The number of likely N-dealkylation sites (tertiary alicyclic amines) is 1. The molecule has 0 aliphatic carbocycles. The maximum Gasteiger partial charge on any atom is 0.322 e. The van der Waals surface area contributed by atoms with Crippen LogP contribution in [0.15, 0.2) is 18.2 Å². The number of methoxy groups -OCH3 is 2. The zero-order chi connectivity index (χ0) is 21.9. The minimum atomic E-state index is -1.21. The molecule has 2 N–H and O–H groups in total. The Balaban J connectivity index is 1.62. The number of hydrogen-bond donors (Lipinski definition) is 2. The standard InChI is InChI=1S/C21H28ClN3O5/c1-13(11-21(12-29-2)19(27)23-20(28)24-21)18(26)25-8-6-14(7-9-25)16-5-4-15(22)10-17(16)30-3/h4-5,10,13-14H,6-9,11-12H2,1-3H3,(H2,23,24,27,28)/t13-,21-/m0/s1. The van der Waals surface area contributed by atoms with Gasteiger partial charge in [0, 0.05) is 31.1 Å². The summed E-state index contributed by atoms with van der Waals surface area (Å²) in [5, 5.41) is 5.50. The summed E-state index contributed by atoms with van der Waals surface area (Å²) in [6.45, 7) is 3.04. The largest absolute Gasteiger partial charge is 0.496 e. The third kappa shape index (κ3) is 4.54. The quantitative estimate of drug-likeness (QED) is 0.638. The average molecular weight is 438 g/mol. The lowest BCUT2D eigenvalue weighted by Crippen LogP contribution is -2.53. The van der Waals surface area contributed by atoms with Crippen LogP contribution in [0.5, 0.6) is 5.75 Å². The SMILES string of the molecule is COC[C@]1(C[C@H](C)C(=O)N2CCC(c3ccc(Cl)cc3OC)CC2)NC(=O)NC1=O. The number of halogens is 1. The number of imide groups is 1. The van der Waals surface area contributed by atoms with Crippen molar-refractivity contribution in [1.29, 1.82) is 0 Å². The van der Waals surface area contributed by atoms with Crippen LogP contribution in [0, 0.1) is 5.92 Å². The monoisotopic (exact) mass is 437 g/mol. The summed E-state index contributed by atoms with van der Waals surface area (Å²) in [6, 6.07) is 5.10. The molecular weight excluding hydrogens is 410 g/mol. The zero-order valence-corrected chi connectivity index (χ0v) is 18.3. The highest BCUT2D eigenvalue weighted by atomic mass is 35.5. The molecule has 2 fully saturated rings. The number of hydrogen-bond acceptors (Lipinski definition) is 5. The van der Waals surface area contributed by atoms with E-state index in [2.05, 4.69) is 10.6 Å². The van der Waals surface area contributed by atoms with Gasteiger partial charge in [0.2, 0.25) is 5.91 Å². The number of piperidine rings is 1. The number of carbonyl (C=O) groups is 3. The topological polar surface area (TPSA) is 97.0 Å². The third-order valence-electron chi connectivity index (χ3n) is 5.92. The summed E-state index contributed by atoms with van der Waals surface area (Å²) in [7, 11) is 3.09. The second-order valence-corrected chi connectivity index (χ2v) is 8.45. The summed E-state index contributed by atoms with van der Waals surface area (Å²) in [4.78, 5) is 38.8. The van der Waals surface area contributed by atoms with E-state index in [1.165, 1.54) is 7.11 Å². The van der Waals surface area contributed by atoms with Crippen LogP contribution in [0.25, 0.3) is 0 Å². The minimum Gasteiger partial charge on any atom is -0.496 e. The molecule has 8 nitrogen and oxygen atoms in total. The summed E-state index contributed by atoms with van der Waals surface area (Å²) < 4.78 is 10.6. The van der Waals surface area contributed by atoms with Gasteiger partial charge in [0.15, 0.2) is 0 Å². The molecule has 0 saturated carbocycles. The lowest BCUT2D eigenvalue weighted by molar-refractivity contribution is -0.138. The molecule has 2 saturated heterocycles. The van der Waals surface area contributed by atoms with Crippen LogP contribution in [0.3, 0.4) is 0 Å². The Morgan fingerprint density at radius 1 is 1.30 bits per heavy atom. The molecule has 0 aromatic heterocycles. The van der Waals surface area contributed by atoms with Crippen molar-refractivity contribution in [2.45, 2.75) is 37.6 Å². The maximum atomic E-state index is 13.0. The van der Waals surface area contributed by atoms with Crippen LogP contribution in [0.4, 0.5) is 4.79 Å². The molecule has 3 rings (SSSR count). The molecule has 1 aromatic rings. The van der Waals surface area contributed by atoms with E-state index in [4.69, 9.17) is 21.1 Å². The number of carbonyl (C=O) groups excluding carboxylic acids is 3. The van der Waals surface area contributed by atoms with Gasteiger partial charge in [-0.2, -0.15) is 0 Å². The van der Waals surface area contributed by atoms with Gasteiger partial charge in [-0.1, -0.05) is 24.6 Å². The fourth-order valence-corrected chi connectivity index (χ4v) is 4.60. The van der Waals surface area contributed by atoms with Gasteiger partial charge in [-0.05, 0) is 42.9 Å². The van der Waals surface area contributed by atoms with Crippen molar-refractivity contribution in [2.24, 2.45) is 5.92 Å². The van der Waals surface area contributed by atoms with Crippen LogP contribution in [-0.2, 0) is 14.3 Å². The number of amides is 4. The minimum absolute atomic E-state index is 0.0145. The van der Waals surface area contributed by atoms with Crippen LogP contribution >= 0.6 is 11.6 Å². The van der Waals surface area contributed by atoms with E-state index in [9.17, 15) is 14.4 Å². The molecule has 0 radical (unpaired) electrons. The van der Waals surface area contributed by atoms with E-state index in [1.807, 2.05) is 23.1 Å². The van der Waals surface area contributed by atoms with E-state index in [1.54, 1.807) is 14.0 Å². The highest BCUT2D eigenvalue weighted by Gasteiger charge is 2.48. The van der Waals surface area contributed by atoms with Crippen LogP contribution in [0.2, 0.25) is 5.02 Å². The Hall–Kier alpha value is -2.32. The number of ether oxygens (including phenoxy) is 2. The smallest absolute Gasteiger partial charge is 0.322 e. The van der Waals surface area contributed by atoms with Crippen molar-refractivity contribution in [3.63, 3.8) is 0 Å². The van der Waals surface area contributed by atoms with E-state index >= 15 is 0 Å². The molecule has 9 heteroatoms. The van der Waals surface area contributed by atoms with Gasteiger partial charge in [0.05, 0.1) is 13.7 Å². The number of benzene rings is 1. The first kappa shape index (κ1) is 22.4. The van der Waals surface area contributed by atoms with Crippen molar-refractivity contribution < 1.29 is 23.9 Å². The highest BCUT2D eigenvalue weighted by Crippen LogP contribution is 2.36. The maximum absolute atomic E-state index is 13.0. The van der Waals surface area contributed by atoms with Gasteiger partial charge in [-0.3, -0.25) is 14.9 Å². The number of urea groups is 1. The van der Waals surface area contributed by atoms with E-state index in [0.717, 1.165) is 24.2 Å². The van der Waals surface area contributed by atoms with Gasteiger partial charge in [-0.15, -0.1) is 0 Å². The van der Waals surface area contributed by atoms with E-state index in [0.29, 0.717) is 18.1 Å². The molecular formula is C21H28ClN3O5. The highest BCUT2D eigenvalue weighted by molar-refractivity contribution is 6.30. The number of rotatable bonds is 7. The molecule has 1 aromatic carbocycles. The van der Waals surface area contributed by atoms with Crippen molar-refractivity contribution in [3.05, 3.63) is 28.8 Å². The van der Waals surface area contributed by atoms with E-state index < -0.39 is 23.4 Å². The molecule has 2 aliphatic rings. The molecule has 0 bridgehead atoms.